The quantitative estimate of drug-likeness (QED) is 0.0699. The molecule has 0 aliphatic carbocycles. The molecule has 1 heterocycles. The number of nitrogens with one attached hydrogen (secondary N) is 2. The van der Waals surface area contributed by atoms with E-state index in [1.807, 2.05) is 55.5 Å². The lowest BCUT2D eigenvalue weighted by Gasteiger charge is -2.41. The van der Waals surface area contributed by atoms with Gasteiger partial charge in [-0.2, -0.15) is 0 Å². The zero-order chi connectivity index (χ0) is 34.5. The lowest BCUT2D eigenvalue weighted by Crippen LogP contribution is -2.38. The maximum atomic E-state index is 14.1. The molecule has 0 aromatic heterocycles. The van der Waals surface area contributed by atoms with E-state index in [1.165, 1.54) is 6.92 Å². The summed E-state index contributed by atoms with van der Waals surface area (Å²) in [6, 6.07) is 21.5. The van der Waals surface area contributed by atoms with Gasteiger partial charge < -0.3 is 25.2 Å². The van der Waals surface area contributed by atoms with E-state index in [9.17, 15) is 36.6 Å². The van der Waals surface area contributed by atoms with Crippen LogP contribution in [-0.4, -0.2) is 28.8 Å². The summed E-state index contributed by atoms with van der Waals surface area (Å²) in [6.45, 7) is 3.11. The molecule has 0 saturated carbocycles. The molecule has 1 aliphatic heterocycles. The molecule has 4 aromatic carbocycles. The number of hydrogen-bond acceptors (Lipinski definition) is 6. The fourth-order valence-corrected chi connectivity index (χ4v) is 6.26. The summed E-state index contributed by atoms with van der Waals surface area (Å²) in [5.41, 5.74) is 1.90. The lowest BCUT2D eigenvalue weighted by molar-refractivity contribution is -0.268. The number of halogens is 5. The van der Waals surface area contributed by atoms with Gasteiger partial charge in [-0.25, -0.2) is 22.0 Å². The Morgan fingerprint density at radius 3 is 1.92 bits per heavy atom. The van der Waals surface area contributed by atoms with Crippen LogP contribution in [0.5, 0.6) is 0 Å². The Morgan fingerprint density at radius 1 is 0.771 bits per heavy atom. The van der Waals surface area contributed by atoms with Gasteiger partial charge in [0.25, 0.3) is 5.91 Å². The van der Waals surface area contributed by atoms with Crippen LogP contribution in [-0.2, 0) is 27.4 Å². The van der Waals surface area contributed by atoms with Gasteiger partial charge in [-0.15, -0.1) is 11.8 Å². The van der Waals surface area contributed by atoms with Gasteiger partial charge in [0.15, 0.2) is 29.6 Å². The van der Waals surface area contributed by atoms with Crippen molar-refractivity contribution < 1.29 is 46.1 Å². The minimum atomic E-state index is -2.35. The van der Waals surface area contributed by atoms with E-state index in [1.54, 1.807) is 36.0 Å². The van der Waals surface area contributed by atoms with E-state index in [2.05, 4.69) is 10.6 Å². The highest BCUT2D eigenvalue weighted by Crippen LogP contribution is 2.43. The van der Waals surface area contributed by atoms with Crippen LogP contribution in [0.15, 0.2) is 77.7 Å². The Bertz CT molecular complexity index is 1750. The average Bonchev–Trinajstić information content (AvgIpc) is 3.09. The first-order valence-electron chi connectivity index (χ1n) is 14.9. The van der Waals surface area contributed by atoms with E-state index < -0.39 is 46.8 Å². The third-order valence-corrected chi connectivity index (χ3v) is 8.95. The molecule has 252 valence electrons. The Labute approximate surface area is 277 Å². The number of ether oxygens (including phenoxy) is 2. The summed E-state index contributed by atoms with van der Waals surface area (Å²) in [5.74, 6) is -12.3. The molecule has 48 heavy (non-hydrogen) atoms. The SMILES string of the molecule is CC(=O)Nc1ccc(SC[C@@H]2O[C@H](c3ccc(CNC(=O)c4c(F)c(F)c(F)c(F)c4F)cc3)O[C@H](c3ccc(CO)cc3)[C@@H]2C)cc1. The van der Waals surface area contributed by atoms with Crippen molar-refractivity contribution in [1.82, 2.24) is 5.32 Å². The maximum Gasteiger partial charge on any atom is 0.257 e. The Hall–Kier alpha value is -4.30. The molecule has 0 unspecified atom stereocenters. The van der Waals surface area contributed by atoms with Gasteiger partial charge >= 0.3 is 0 Å². The predicted molar refractivity (Wildman–Crippen MR) is 168 cm³/mol. The molecule has 0 radical (unpaired) electrons. The zero-order valence-electron chi connectivity index (χ0n) is 25.7. The molecule has 5 rings (SSSR count). The minimum absolute atomic E-state index is 0.0798. The predicted octanol–water partition coefficient (Wildman–Crippen LogP) is 7.35. The second kappa shape index (κ2) is 15.3. The molecule has 1 fully saturated rings. The molecule has 4 atom stereocenters. The molecule has 1 aliphatic rings. The van der Waals surface area contributed by atoms with Gasteiger partial charge in [-0.1, -0.05) is 55.5 Å². The van der Waals surface area contributed by atoms with Crippen molar-refractivity contribution >= 4 is 29.3 Å². The fraction of sp³-hybridized carbons (Fsp3) is 0.257. The molecule has 1 saturated heterocycles. The van der Waals surface area contributed by atoms with Crippen molar-refractivity contribution in [2.24, 2.45) is 5.92 Å². The Kier molecular flexibility index (Phi) is 11.2. The van der Waals surface area contributed by atoms with E-state index >= 15 is 0 Å². The molecular formula is C35H31F5N2O5S. The molecule has 0 spiro atoms. The van der Waals surface area contributed by atoms with Gasteiger partial charge in [0.05, 0.1) is 18.8 Å². The summed E-state index contributed by atoms with van der Waals surface area (Å²) >= 11 is 1.59. The highest BCUT2D eigenvalue weighted by molar-refractivity contribution is 7.99. The Balaban J connectivity index is 1.30. The van der Waals surface area contributed by atoms with Crippen molar-refractivity contribution in [2.45, 2.75) is 50.4 Å². The monoisotopic (exact) mass is 686 g/mol. The molecule has 3 N–H and O–H groups in total. The van der Waals surface area contributed by atoms with Gasteiger partial charge in [0, 0.05) is 41.3 Å². The molecule has 7 nitrogen and oxygen atoms in total. The summed E-state index contributed by atoms with van der Waals surface area (Å²) in [6.07, 6.45) is -1.44. The molecule has 2 amide bonds. The average molecular weight is 687 g/mol. The van der Waals surface area contributed by atoms with E-state index in [0.29, 0.717) is 22.6 Å². The first-order chi connectivity index (χ1) is 23.0. The van der Waals surface area contributed by atoms with Crippen LogP contribution in [0.2, 0.25) is 0 Å². The number of rotatable bonds is 10. The van der Waals surface area contributed by atoms with Gasteiger partial charge in [-0.3, -0.25) is 9.59 Å². The van der Waals surface area contributed by atoms with Crippen molar-refractivity contribution in [3.63, 3.8) is 0 Å². The number of thioether (sulfide) groups is 1. The second-order valence-electron chi connectivity index (χ2n) is 11.2. The highest BCUT2D eigenvalue weighted by atomic mass is 32.2. The van der Waals surface area contributed by atoms with Crippen LogP contribution < -0.4 is 10.6 Å². The van der Waals surface area contributed by atoms with Crippen LogP contribution >= 0.6 is 11.8 Å². The van der Waals surface area contributed by atoms with Crippen LogP contribution in [0.3, 0.4) is 0 Å². The number of carbonyl (C=O) groups excluding carboxylic acids is 2. The third-order valence-electron chi connectivity index (χ3n) is 7.85. The van der Waals surface area contributed by atoms with Crippen molar-refractivity contribution in [3.8, 4) is 0 Å². The molecule has 0 bridgehead atoms. The van der Waals surface area contributed by atoms with Gasteiger partial charge in [0.2, 0.25) is 11.7 Å². The number of aliphatic hydroxyl groups excluding tert-OH is 1. The zero-order valence-corrected chi connectivity index (χ0v) is 26.6. The topological polar surface area (TPSA) is 96.9 Å². The van der Waals surface area contributed by atoms with Crippen molar-refractivity contribution in [2.75, 3.05) is 11.1 Å². The summed E-state index contributed by atoms with van der Waals surface area (Å²) < 4.78 is 81.5. The number of amides is 2. The number of hydrogen-bond donors (Lipinski definition) is 3. The molecule has 4 aromatic rings. The van der Waals surface area contributed by atoms with Gasteiger partial charge in [0.1, 0.15) is 5.56 Å². The van der Waals surface area contributed by atoms with Crippen LogP contribution in [0, 0.1) is 35.0 Å². The normalized spacial score (nSPS) is 19.2. The minimum Gasteiger partial charge on any atom is -0.392 e. The summed E-state index contributed by atoms with van der Waals surface area (Å²) in [7, 11) is 0. The maximum absolute atomic E-state index is 14.1. The van der Waals surface area contributed by atoms with Gasteiger partial charge in [-0.05, 0) is 41.0 Å². The number of benzene rings is 4. The second-order valence-corrected chi connectivity index (χ2v) is 12.3. The highest BCUT2D eigenvalue weighted by Gasteiger charge is 2.38. The Morgan fingerprint density at radius 2 is 1.33 bits per heavy atom. The fourth-order valence-electron chi connectivity index (χ4n) is 5.19. The first kappa shape index (κ1) is 35.0. The standard InChI is InChI=1S/C35H31F5N2O5S/c1-18-26(17-48-25-13-11-24(12-14-25)42-19(2)44)46-35(47-33(18)22-7-5-21(16-43)6-8-22)23-9-3-20(4-10-23)15-41-34(45)27-28(36)30(38)32(40)31(39)29(27)37/h3-14,18,26,33,35,43H,15-17H2,1-2H3,(H,41,45)(H,42,44)/t18-,26+,33+,35+/m1/s1. The summed E-state index contributed by atoms with van der Waals surface area (Å²) in [5, 5.41) is 14.4. The van der Waals surface area contributed by atoms with Crippen molar-refractivity contribution in [3.05, 3.63) is 130 Å². The number of carbonyl (C=O) groups is 2. The summed E-state index contributed by atoms with van der Waals surface area (Å²) in [4.78, 5) is 24.7. The third kappa shape index (κ3) is 7.87. The lowest BCUT2D eigenvalue weighted by atomic mass is 9.91. The van der Waals surface area contributed by atoms with Crippen molar-refractivity contribution in [1.29, 1.82) is 0 Å². The van der Waals surface area contributed by atoms with Crippen LogP contribution in [0.25, 0.3) is 0 Å². The van der Waals surface area contributed by atoms with Crippen LogP contribution in [0.1, 0.15) is 58.9 Å². The molecule has 13 heteroatoms. The van der Waals surface area contributed by atoms with E-state index in [0.717, 1.165) is 16.0 Å². The number of anilines is 1. The molecular weight excluding hydrogens is 655 g/mol. The first-order valence-corrected chi connectivity index (χ1v) is 15.8. The number of aliphatic hydroxyl groups is 1. The van der Waals surface area contributed by atoms with E-state index in [-0.39, 0.29) is 37.2 Å². The van der Waals surface area contributed by atoms with Crippen LogP contribution in [0.4, 0.5) is 27.6 Å². The smallest absolute Gasteiger partial charge is 0.257 e. The van der Waals surface area contributed by atoms with E-state index in [4.69, 9.17) is 9.47 Å². The largest absolute Gasteiger partial charge is 0.392 e.